The molecule has 2 aromatic carbocycles. The van der Waals surface area contributed by atoms with Gasteiger partial charge in [0.25, 0.3) is 0 Å². The SMILES string of the molecule is CCCCOCCOc1ccc([S+]2CCCCC2)c2ccccc12. The number of rotatable bonds is 8. The molecule has 1 fully saturated rings. The Morgan fingerprint density at radius 2 is 1.67 bits per heavy atom. The molecule has 1 heterocycles. The fourth-order valence-electron chi connectivity index (χ4n) is 3.23. The van der Waals surface area contributed by atoms with Gasteiger partial charge in [-0.2, -0.15) is 0 Å². The van der Waals surface area contributed by atoms with Crippen molar-refractivity contribution in [3.05, 3.63) is 36.4 Å². The summed E-state index contributed by atoms with van der Waals surface area (Å²) in [7, 11) is 0.418. The fourth-order valence-corrected chi connectivity index (χ4v) is 5.73. The van der Waals surface area contributed by atoms with Gasteiger partial charge in [-0.05, 0) is 43.9 Å². The molecule has 1 aliphatic heterocycles. The lowest BCUT2D eigenvalue weighted by molar-refractivity contribution is 0.0985. The minimum atomic E-state index is 0.418. The second-order valence-electron chi connectivity index (χ2n) is 6.38. The maximum Gasteiger partial charge on any atom is 0.162 e. The first-order chi connectivity index (χ1) is 11.9. The van der Waals surface area contributed by atoms with E-state index in [9.17, 15) is 0 Å². The van der Waals surface area contributed by atoms with Gasteiger partial charge >= 0.3 is 0 Å². The molecule has 130 valence electrons. The summed E-state index contributed by atoms with van der Waals surface area (Å²) in [6, 6.07) is 13.2. The molecular formula is C21H29O2S+. The highest BCUT2D eigenvalue weighted by atomic mass is 32.2. The summed E-state index contributed by atoms with van der Waals surface area (Å²) in [6.45, 7) is 4.31. The summed E-state index contributed by atoms with van der Waals surface area (Å²) in [5, 5.41) is 2.63. The Hall–Kier alpha value is -1.19. The predicted molar refractivity (Wildman–Crippen MR) is 104 cm³/mol. The highest BCUT2D eigenvalue weighted by molar-refractivity contribution is 7.97. The molecule has 0 amide bonds. The maximum absolute atomic E-state index is 6.02. The minimum Gasteiger partial charge on any atom is -0.491 e. The van der Waals surface area contributed by atoms with Crippen LogP contribution in [0, 0.1) is 0 Å². The third-order valence-electron chi connectivity index (χ3n) is 4.56. The molecule has 0 unspecified atom stereocenters. The Morgan fingerprint density at radius 3 is 2.46 bits per heavy atom. The van der Waals surface area contributed by atoms with Crippen LogP contribution in [-0.2, 0) is 15.6 Å². The normalized spacial score (nSPS) is 15.7. The van der Waals surface area contributed by atoms with Crippen molar-refractivity contribution in [2.45, 2.75) is 43.9 Å². The van der Waals surface area contributed by atoms with E-state index in [-0.39, 0.29) is 0 Å². The van der Waals surface area contributed by atoms with Gasteiger partial charge in [0.15, 0.2) is 4.90 Å². The van der Waals surface area contributed by atoms with E-state index in [0.717, 1.165) is 18.8 Å². The smallest absolute Gasteiger partial charge is 0.162 e. The predicted octanol–water partition coefficient (Wildman–Crippen LogP) is 5.20. The van der Waals surface area contributed by atoms with Crippen LogP contribution >= 0.6 is 0 Å². The first kappa shape index (κ1) is 17.6. The first-order valence-electron chi connectivity index (χ1n) is 9.30. The molecule has 2 nitrogen and oxygen atoms in total. The van der Waals surface area contributed by atoms with Crippen LogP contribution < -0.4 is 4.74 Å². The van der Waals surface area contributed by atoms with Crippen molar-refractivity contribution in [3.8, 4) is 5.75 Å². The van der Waals surface area contributed by atoms with E-state index >= 15 is 0 Å². The van der Waals surface area contributed by atoms with Crippen molar-refractivity contribution in [2.75, 3.05) is 31.3 Å². The first-order valence-corrected chi connectivity index (χ1v) is 10.9. The second-order valence-corrected chi connectivity index (χ2v) is 8.63. The van der Waals surface area contributed by atoms with Gasteiger partial charge in [0.1, 0.15) is 23.9 Å². The third-order valence-corrected chi connectivity index (χ3v) is 7.10. The van der Waals surface area contributed by atoms with Gasteiger partial charge in [0, 0.05) is 28.3 Å². The zero-order chi connectivity index (χ0) is 16.6. The van der Waals surface area contributed by atoms with Crippen LogP contribution in [0.1, 0.15) is 39.0 Å². The highest BCUT2D eigenvalue weighted by Crippen LogP contribution is 2.34. The van der Waals surface area contributed by atoms with Crippen molar-refractivity contribution in [3.63, 3.8) is 0 Å². The molecule has 0 saturated carbocycles. The number of ether oxygens (including phenoxy) is 2. The minimum absolute atomic E-state index is 0.418. The molecule has 0 aliphatic carbocycles. The van der Waals surface area contributed by atoms with Crippen LogP contribution in [0.3, 0.4) is 0 Å². The van der Waals surface area contributed by atoms with E-state index in [1.54, 1.807) is 0 Å². The Labute approximate surface area is 148 Å². The summed E-state index contributed by atoms with van der Waals surface area (Å²) in [5.41, 5.74) is 0. The summed E-state index contributed by atoms with van der Waals surface area (Å²) in [4.78, 5) is 1.54. The van der Waals surface area contributed by atoms with Gasteiger partial charge in [-0.3, -0.25) is 0 Å². The zero-order valence-corrected chi connectivity index (χ0v) is 15.6. The largest absolute Gasteiger partial charge is 0.491 e. The molecule has 1 aliphatic rings. The molecule has 0 atom stereocenters. The van der Waals surface area contributed by atoms with Crippen molar-refractivity contribution >= 4 is 21.7 Å². The summed E-state index contributed by atoms with van der Waals surface area (Å²) in [5.74, 6) is 3.71. The van der Waals surface area contributed by atoms with E-state index in [1.165, 1.54) is 52.9 Å². The van der Waals surface area contributed by atoms with Crippen molar-refractivity contribution in [1.29, 1.82) is 0 Å². The average Bonchev–Trinajstić information content (AvgIpc) is 2.65. The second kappa shape index (κ2) is 9.33. The molecule has 24 heavy (non-hydrogen) atoms. The third kappa shape index (κ3) is 4.46. The van der Waals surface area contributed by atoms with Crippen LogP contribution in [0.4, 0.5) is 0 Å². The van der Waals surface area contributed by atoms with Crippen LogP contribution in [0.5, 0.6) is 5.75 Å². The molecule has 1 saturated heterocycles. The molecule has 0 N–H and O–H groups in total. The van der Waals surface area contributed by atoms with Gasteiger partial charge in [-0.1, -0.05) is 31.5 Å². The molecule has 0 radical (unpaired) electrons. The quantitative estimate of drug-likeness (QED) is 0.484. The maximum atomic E-state index is 6.02. The molecule has 3 rings (SSSR count). The Morgan fingerprint density at radius 1 is 0.875 bits per heavy atom. The topological polar surface area (TPSA) is 18.5 Å². The lowest BCUT2D eigenvalue weighted by atomic mass is 10.1. The van der Waals surface area contributed by atoms with E-state index in [0.29, 0.717) is 24.1 Å². The van der Waals surface area contributed by atoms with E-state index in [1.807, 2.05) is 0 Å². The average molecular weight is 346 g/mol. The van der Waals surface area contributed by atoms with Crippen molar-refractivity contribution < 1.29 is 9.47 Å². The molecule has 0 spiro atoms. The number of hydrogen-bond acceptors (Lipinski definition) is 2. The molecule has 2 aromatic rings. The van der Waals surface area contributed by atoms with Gasteiger partial charge < -0.3 is 9.47 Å². The monoisotopic (exact) mass is 345 g/mol. The zero-order valence-electron chi connectivity index (χ0n) is 14.8. The Balaban J connectivity index is 1.71. The number of fused-ring (bicyclic) bond motifs is 1. The van der Waals surface area contributed by atoms with Gasteiger partial charge in [0.2, 0.25) is 0 Å². The van der Waals surface area contributed by atoms with E-state index < -0.39 is 0 Å². The summed E-state index contributed by atoms with van der Waals surface area (Å²) in [6.07, 6.45) is 6.46. The Bertz CT molecular complexity index is 635. The lowest BCUT2D eigenvalue weighted by Gasteiger charge is -2.16. The molecule has 0 aromatic heterocycles. The van der Waals surface area contributed by atoms with Gasteiger partial charge in [0.05, 0.1) is 6.61 Å². The Kier molecular flexibility index (Phi) is 6.86. The van der Waals surface area contributed by atoms with Crippen LogP contribution in [0.25, 0.3) is 10.8 Å². The van der Waals surface area contributed by atoms with Gasteiger partial charge in [-0.25, -0.2) is 0 Å². The highest BCUT2D eigenvalue weighted by Gasteiger charge is 2.27. The number of unbranched alkanes of at least 4 members (excludes halogenated alkanes) is 1. The summed E-state index contributed by atoms with van der Waals surface area (Å²) >= 11 is 0. The van der Waals surface area contributed by atoms with E-state index in [2.05, 4.69) is 43.3 Å². The number of hydrogen-bond donors (Lipinski definition) is 0. The molecule has 0 bridgehead atoms. The van der Waals surface area contributed by atoms with Crippen LogP contribution in [-0.4, -0.2) is 31.3 Å². The molecular weight excluding hydrogens is 316 g/mol. The van der Waals surface area contributed by atoms with Crippen molar-refractivity contribution in [1.82, 2.24) is 0 Å². The van der Waals surface area contributed by atoms with Crippen LogP contribution in [0.2, 0.25) is 0 Å². The molecule has 3 heteroatoms. The lowest BCUT2D eigenvalue weighted by Crippen LogP contribution is -2.18. The van der Waals surface area contributed by atoms with Crippen LogP contribution in [0.15, 0.2) is 41.3 Å². The van der Waals surface area contributed by atoms with E-state index in [4.69, 9.17) is 9.47 Å². The number of benzene rings is 2. The fraction of sp³-hybridized carbons (Fsp3) is 0.524. The van der Waals surface area contributed by atoms with Gasteiger partial charge in [-0.15, -0.1) is 0 Å². The van der Waals surface area contributed by atoms with Crippen molar-refractivity contribution in [2.24, 2.45) is 0 Å². The summed E-state index contributed by atoms with van der Waals surface area (Å²) < 4.78 is 11.6. The standard InChI is InChI=1S/C21H29O2S/c1-2-3-13-22-14-15-23-20-11-12-21(24-16-7-4-8-17-24)19-10-6-5-9-18(19)20/h5-6,9-12H,2-4,7-8,13-17H2,1H3/q+1.